The lowest BCUT2D eigenvalue weighted by atomic mass is 9.59. The Kier molecular flexibility index (Phi) is 6.60. The average molecular weight is 532 g/mol. The Labute approximate surface area is 226 Å². The molecular formula is C30H33N3O6. The molecule has 1 saturated carbocycles. The predicted octanol–water partition coefficient (Wildman–Crippen LogP) is 2.58. The van der Waals surface area contributed by atoms with Gasteiger partial charge >= 0.3 is 0 Å². The lowest BCUT2D eigenvalue weighted by Gasteiger charge is -2.46. The van der Waals surface area contributed by atoms with E-state index < -0.39 is 52.6 Å². The third-order valence-corrected chi connectivity index (χ3v) is 8.21. The summed E-state index contributed by atoms with van der Waals surface area (Å²) >= 11 is 0. The van der Waals surface area contributed by atoms with E-state index in [4.69, 9.17) is 5.73 Å². The van der Waals surface area contributed by atoms with Gasteiger partial charge in [-0.15, -0.1) is 0 Å². The smallest absolute Gasteiger partial charge is 0.255 e. The van der Waals surface area contributed by atoms with Gasteiger partial charge < -0.3 is 26.0 Å². The van der Waals surface area contributed by atoms with Crippen LogP contribution in [0.5, 0.6) is 5.75 Å². The summed E-state index contributed by atoms with van der Waals surface area (Å²) in [6, 6.07) is 10.6. The second-order valence-electron chi connectivity index (χ2n) is 11.2. The van der Waals surface area contributed by atoms with Gasteiger partial charge in [0.05, 0.1) is 17.5 Å². The highest BCUT2D eigenvalue weighted by molar-refractivity contribution is 6.28. The highest BCUT2D eigenvalue weighted by atomic mass is 16.3. The van der Waals surface area contributed by atoms with Crippen LogP contribution in [0.3, 0.4) is 0 Å². The number of likely N-dealkylation sites (N-methyl/N-ethyl adjacent to an activating group) is 1. The van der Waals surface area contributed by atoms with Crippen molar-refractivity contribution >= 4 is 23.2 Å². The lowest BCUT2D eigenvalue weighted by Crippen LogP contribution is -2.55. The third-order valence-electron chi connectivity index (χ3n) is 8.21. The third kappa shape index (κ3) is 4.22. The molecule has 3 aliphatic rings. The van der Waals surface area contributed by atoms with Gasteiger partial charge in [-0.2, -0.15) is 0 Å². The number of hydrogen-bond donors (Lipinski definition) is 4. The molecule has 1 amide bonds. The Bertz CT molecular complexity index is 1450. The summed E-state index contributed by atoms with van der Waals surface area (Å²) in [5.74, 6) is -5.77. The van der Waals surface area contributed by atoms with Crippen LogP contribution >= 0.6 is 0 Å². The number of ketones is 2. The number of fused-ring (bicyclic) bond motifs is 3. The standard InChI is InChI=1S/C30H33N3O6/c1-32(2)13-14-5-7-15(8-6-14)17-9-10-20(34)22-18(17)11-16-12-19-23(27(36)21(16)26(22)35)28(37)24(30(31)39)29(38)25(19)33(3)4/h5-10,16,19,23,25,34-35,38H,11-13H2,1-4H3,(H2,31,39)/t16-,19+,23?,25-/m0/s1. The zero-order valence-electron chi connectivity index (χ0n) is 22.4. The Morgan fingerprint density at radius 3 is 2.23 bits per heavy atom. The number of hydrogen-bond acceptors (Lipinski definition) is 8. The zero-order chi connectivity index (χ0) is 28.3. The topological polar surface area (TPSA) is 144 Å². The van der Waals surface area contributed by atoms with Crippen LogP contribution in [0.2, 0.25) is 0 Å². The monoisotopic (exact) mass is 531 g/mol. The van der Waals surface area contributed by atoms with Crippen LogP contribution in [0, 0.1) is 17.8 Å². The van der Waals surface area contributed by atoms with E-state index in [0.29, 0.717) is 18.4 Å². The molecule has 0 aliphatic heterocycles. The van der Waals surface area contributed by atoms with Crippen molar-refractivity contribution in [3.05, 3.63) is 70.0 Å². The highest BCUT2D eigenvalue weighted by Crippen LogP contribution is 2.51. The van der Waals surface area contributed by atoms with Crippen molar-refractivity contribution in [3.8, 4) is 16.9 Å². The number of allylic oxidation sites excluding steroid dienone is 1. The Balaban J connectivity index is 1.62. The summed E-state index contributed by atoms with van der Waals surface area (Å²) in [5.41, 5.74) is 8.72. The number of aliphatic hydroxyl groups excluding tert-OH is 2. The van der Waals surface area contributed by atoms with E-state index >= 15 is 0 Å². The second-order valence-corrected chi connectivity index (χ2v) is 11.2. The van der Waals surface area contributed by atoms with Crippen molar-refractivity contribution in [2.75, 3.05) is 28.2 Å². The quantitative estimate of drug-likeness (QED) is 0.340. The summed E-state index contributed by atoms with van der Waals surface area (Å²) in [6.07, 6.45) is 0.672. The van der Waals surface area contributed by atoms with Crippen molar-refractivity contribution in [2.24, 2.45) is 23.5 Å². The number of nitrogens with zero attached hydrogens (tertiary/aromatic N) is 2. The van der Waals surface area contributed by atoms with Crippen molar-refractivity contribution < 1.29 is 29.7 Å². The molecule has 0 radical (unpaired) electrons. The molecule has 0 spiro atoms. The minimum Gasteiger partial charge on any atom is -0.510 e. The molecule has 2 aromatic carbocycles. The number of aliphatic hydroxyl groups is 2. The summed E-state index contributed by atoms with van der Waals surface area (Å²) < 4.78 is 0. The maximum atomic E-state index is 13.9. The second kappa shape index (κ2) is 9.66. The van der Waals surface area contributed by atoms with Crippen molar-refractivity contribution in [3.63, 3.8) is 0 Å². The first kappa shape index (κ1) is 26.6. The van der Waals surface area contributed by atoms with Gasteiger partial charge in [-0.3, -0.25) is 19.3 Å². The molecule has 1 fully saturated rings. The van der Waals surface area contributed by atoms with E-state index in [9.17, 15) is 29.7 Å². The molecule has 9 nitrogen and oxygen atoms in total. The lowest BCUT2D eigenvalue weighted by molar-refractivity contribution is -0.136. The van der Waals surface area contributed by atoms with Crippen molar-refractivity contribution in [1.82, 2.24) is 9.80 Å². The summed E-state index contributed by atoms with van der Waals surface area (Å²) in [7, 11) is 7.40. The number of carbonyl (C=O) groups excluding carboxylic acids is 3. The van der Waals surface area contributed by atoms with Crippen LogP contribution in [0.4, 0.5) is 0 Å². The van der Waals surface area contributed by atoms with Crippen LogP contribution in [-0.2, 0) is 27.3 Å². The zero-order valence-corrected chi connectivity index (χ0v) is 22.4. The molecular weight excluding hydrogens is 498 g/mol. The molecule has 2 aromatic rings. The van der Waals surface area contributed by atoms with E-state index in [1.54, 1.807) is 25.1 Å². The van der Waals surface area contributed by atoms with Crippen LogP contribution in [0.1, 0.15) is 23.1 Å². The number of benzene rings is 2. The number of amides is 1. The van der Waals surface area contributed by atoms with Gasteiger partial charge in [0.15, 0.2) is 11.6 Å². The fourth-order valence-electron chi connectivity index (χ4n) is 6.69. The Hall–Kier alpha value is -3.95. The first-order chi connectivity index (χ1) is 18.4. The molecule has 204 valence electrons. The molecule has 3 aliphatic carbocycles. The van der Waals surface area contributed by atoms with Crippen LogP contribution < -0.4 is 5.73 Å². The Morgan fingerprint density at radius 2 is 1.64 bits per heavy atom. The van der Waals surface area contributed by atoms with E-state index in [0.717, 1.165) is 23.2 Å². The summed E-state index contributed by atoms with van der Waals surface area (Å²) in [6.45, 7) is 0.790. The number of nitrogens with two attached hydrogens (primary N) is 1. The molecule has 5 rings (SSSR count). The number of rotatable bonds is 5. The predicted molar refractivity (Wildman–Crippen MR) is 146 cm³/mol. The van der Waals surface area contributed by atoms with Crippen LogP contribution in [-0.4, -0.2) is 76.8 Å². The molecule has 0 bridgehead atoms. The fraction of sp³-hybridized carbons (Fsp3) is 0.367. The number of phenols is 1. The average Bonchev–Trinajstić information content (AvgIpc) is 2.83. The van der Waals surface area contributed by atoms with Gasteiger partial charge in [0.1, 0.15) is 22.8 Å². The largest absolute Gasteiger partial charge is 0.510 e. The minimum atomic E-state index is -1.26. The fourth-order valence-corrected chi connectivity index (χ4v) is 6.69. The van der Waals surface area contributed by atoms with Crippen LogP contribution in [0.25, 0.3) is 16.9 Å². The first-order valence-electron chi connectivity index (χ1n) is 12.9. The number of aromatic hydroxyl groups is 1. The first-order valence-corrected chi connectivity index (χ1v) is 12.9. The molecule has 5 N–H and O–H groups in total. The molecule has 0 heterocycles. The summed E-state index contributed by atoms with van der Waals surface area (Å²) in [4.78, 5) is 43.0. The maximum Gasteiger partial charge on any atom is 0.255 e. The number of phenolic OH excluding ortho intramolecular Hbond substituents is 1. The SMILES string of the molecule is CN(C)Cc1ccc(-c2ccc(O)c3c2C[C@H]2C[C@@H]4C(C(=O)C(C(N)=O)=C(O)[C@H]4N(C)C)C(=O)C2=C3O)cc1. The van der Waals surface area contributed by atoms with Gasteiger partial charge in [-0.25, -0.2) is 0 Å². The highest BCUT2D eigenvalue weighted by Gasteiger charge is 2.55. The number of primary amides is 1. The molecule has 0 aromatic heterocycles. The van der Waals surface area contributed by atoms with E-state index in [1.165, 1.54) is 6.07 Å². The molecule has 1 unspecified atom stereocenters. The number of Topliss-reactive ketones (excluding diaryl/α,β-unsaturated/α-hetero) is 2. The van der Waals surface area contributed by atoms with Gasteiger partial charge in [0, 0.05) is 12.1 Å². The van der Waals surface area contributed by atoms with Gasteiger partial charge in [0.25, 0.3) is 5.91 Å². The molecule has 4 atom stereocenters. The van der Waals surface area contributed by atoms with E-state index in [1.807, 2.05) is 38.4 Å². The summed E-state index contributed by atoms with van der Waals surface area (Å²) in [5, 5.41) is 33.1. The van der Waals surface area contributed by atoms with Gasteiger partial charge in [-0.05, 0) is 81.2 Å². The minimum absolute atomic E-state index is 0.0774. The van der Waals surface area contributed by atoms with Crippen molar-refractivity contribution in [1.29, 1.82) is 0 Å². The number of carbonyl (C=O) groups is 3. The van der Waals surface area contributed by atoms with Gasteiger partial charge in [-0.1, -0.05) is 30.3 Å². The van der Waals surface area contributed by atoms with Crippen molar-refractivity contribution in [2.45, 2.75) is 25.4 Å². The van der Waals surface area contributed by atoms with Crippen LogP contribution in [0.15, 0.2) is 53.3 Å². The molecule has 9 heteroatoms. The maximum absolute atomic E-state index is 13.9. The normalized spacial score (nSPS) is 24.7. The Morgan fingerprint density at radius 1 is 0.974 bits per heavy atom. The molecule has 39 heavy (non-hydrogen) atoms. The van der Waals surface area contributed by atoms with Gasteiger partial charge in [0.2, 0.25) is 0 Å². The van der Waals surface area contributed by atoms with E-state index in [2.05, 4.69) is 4.90 Å². The molecule has 0 saturated heterocycles. The van der Waals surface area contributed by atoms with E-state index in [-0.39, 0.29) is 22.6 Å².